The molecule has 1 atom stereocenters. The van der Waals surface area contributed by atoms with E-state index in [1.165, 1.54) is 12.3 Å². The predicted octanol–water partition coefficient (Wildman–Crippen LogP) is 1.22. The highest BCUT2D eigenvalue weighted by molar-refractivity contribution is 7.89. The van der Waals surface area contributed by atoms with Crippen LogP contribution < -0.4 is 4.72 Å². The van der Waals surface area contributed by atoms with E-state index in [0.717, 1.165) is 12.8 Å². The van der Waals surface area contributed by atoms with Crippen LogP contribution in [0.5, 0.6) is 0 Å². The maximum Gasteiger partial charge on any atom is 0.322 e. The number of hydrogen-bond donors (Lipinski definition) is 3. The maximum absolute atomic E-state index is 12.6. The molecule has 3 N–H and O–H groups in total. The van der Waals surface area contributed by atoms with Crippen molar-refractivity contribution < 1.29 is 23.1 Å². The third kappa shape index (κ3) is 4.55. The lowest BCUT2D eigenvalue weighted by Gasteiger charge is -2.14. The summed E-state index contributed by atoms with van der Waals surface area (Å²) in [6, 6.07) is 8.69. The molecule has 2 heterocycles. The van der Waals surface area contributed by atoms with Gasteiger partial charge >= 0.3 is 5.97 Å². The van der Waals surface area contributed by atoms with Crippen molar-refractivity contribution in [2.45, 2.75) is 30.2 Å². The van der Waals surface area contributed by atoms with Crippen LogP contribution in [0.2, 0.25) is 0 Å². The molecule has 0 saturated carbocycles. The minimum Gasteiger partial charge on any atom is -0.480 e. The van der Waals surface area contributed by atoms with E-state index in [0.29, 0.717) is 18.7 Å². The zero-order chi connectivity index (χ0) is 19.4. The first-order valence-corrected chi connectivity index (χ1v) is 10.1. The van der Waals surface area contributed by atoms with Gasteiger partial charge in [0.2, 0.25) is 10.0 Å². The van der Waals surface area contributed by atoms with Gasteiger partial charge < -0.3 is 15.0 Å². The van der Waals surface area contributed by atoms with Crippen LogP contribution in [0.3, 0.4) is 0 Å². The van der Waals surface area contributed by atoms with Crippen molar-refractivity contribution in [3.8, 4) is 0 Å². The molecule has 0 unspecified atom stereocenters. The van der Waals surface area contributed by atoms with E-state index in [1.54, 1.807) is 35.2 Å². The molecule has 1 aliphatic heterocycles. The van der Waals surface area contributed by atoms with E-state index in [4.69, 9.17) is 0 Å². The van der Waals surface area contributed by atoms with E-state index >= 15 is 0 Å². The molecule has 0 bridgehead atoms. The van der Waals surface area contributed by atoms with Gasteiger partial charge in [0.15, 0.2) is 0 Å². The van der Waals surface area contributed by atoms with Gasteiger partial charge in [-0.05, 0) is 30.9 Å². The zero-order valence-electron chi connectivity index (χ0n) is 14.6. The first-order chi connectivity index (χ1) is 12.9. The largest absolute Gasteiger partial charge is 0.480 e. The van der Waals surface area contributed by atoms with Crippen molar-refractivity contribution in [3.05, 3.63) is 53.9 Å². The number of aromatic nitrogens is 1. The van der Waals surface area contributed by atoms with E-state index < -0.39 is 22.0 Å². The maximum atomic E-state index is 12.6. The normalized spacial score (nSPS) is 15.6. The molecule has 1 aliphatic rings. The van der Waals surface area contributed by atoms with Crippen molar-refractivity contribution in [3.63, 3.8) is 0 Å². The highest BCUT2D eigenvalue weighted by Crippen LogP contribution is 2.16. The van der Waals surface area contributed by atoms with Crippen LogP contribution in [0.25, 0.3) is 0 Å². The molecule has 1 saturated heterocycles. The number of benzene rings is 1. The Morgan fingerprint density at radius 3 is 2.48 bits per heavy atom. The van der Waals surface area contributed by atoms with Crippen LogP contribution in [0, 0.1) is 0 Å². The molecule has 1 aromatic heterocycles. The van der Waals surface area contributed by atoms with Gasteiger partial charge in [0.1, 0.15) is 16.6 Å². The monoisotopic (exact) mass is 391 g/mol. The van der Waals surface area contributed by atoms with Gasteiger partial charge in [-0.2, -0.15) is 4.72 Å². The van der Waals surface area contributed by atoms with Crippen LogP contribution in [0.15, 0.2) is 47.5 Å². The third-order valence-electron chi connectivity index (χ3n) is 4.47. The Labute approximate surface area is 157 Å². The highest BCUT2D eigenvalue weighted by Gasteiger charge is 2.28. The average Bonchev–Trinajstić information content (AvgIpc) is 3.33. The number of rotatable bonds is 7. The number of nitrogens with zero attached hydrogens (tertiary/aromatic N) is 1. The van der Waals surface area contributed by atoms with E-state index in [-0.39, 0.29) is 22.9 Å². The number of amides is 1. The number of H-pyrrole nitrogens is 1. The summed E-state index contributed by atoms with van der Waals surface area (Å²) in [6.45, 7) is 1.30. The SMILES string of the molecule is O=C(O)[C@@H](Cc1ccccc1)NS(=O)(=O)c1c[nH]c(C(=O)N2CCCC2)c1. The minimum absolute atomic E-state index is 0.0133. The topological polar surface area (TPSA) is 120 Å². The van der Waals surface area contributed by atoms with Crippen LogP contribution in [0.4, 0.5) is 0 Å². The first kappa shape index (κ1) is 19.1. The second-order valence-corrected chi connectivity index (χ2v) is 8.16. The number of likely N-dealkylation sites (tertiary alicyclic amines) is 1. The predicted molar refractivity (Wildman–Crippen MR) is 97.8 cm³/mol. The van der Waals surface area contributed by atoms with Crippen LogP contribution in [-0.4, -0.2) is 54.4 Å². The van der Waals surface area contributed by atoms with Gasteiger partial charge in [-0.1, -0.05) is 30.3 Å². The van der Waals surface area contributed by atoms with Gasteiger partial charge in [-0.3, -0.25) is 9.59 Å². The fourth-order valence-electron chi connectivity index (χ4n) is 3.03. The number of aliphatic carboxylic acids is 1. The molecule has 144 valence electrons. The van der Waals surface area contributed by atoms with Gasteiger partial charge in [-0.15, -0.1) is 0 Å². The van der Waals surface area contributed by atoms with Gasteiger partial charge in [-0.25, -0.2) is 8.42 Å². The van der Waals surface area contributed by atoms with Crippen molar-refractivity contribution in [2.75, 3.05) is 13.1 Å². The minimum atomic E-state index is -4.09. The molecule has 3 rings (SSSR count). The molecular formula is C18H21N3O5S. The molecule has 2 aromatic rings. The Morgan fingerprint density at radius 1 is 1.19 bits per heavy atom. The summed E-state index contributed by atoms with van der Waals surface area (Å²) in [4.78, 5) is 28.0. The number of hydrogen-bond acceptors (Lipinski definition) is 4. The Morgan fingerprint density at radius 2 is 1.85 bits per heavy atom. The lowest BCUT2D eigenvalue weighted by atomic mass is 10.1. The van der Waals surface area contributed by atoms with E-state index in [2.05, 4.69) is 9.71 Å². The smallest absolute Gasteiger partial charge is 0.322 e. The van der Waals surface area contributed by atoms with E-state index in [9.17, 15) is 23.1 Å². The number of nitrogens with one attached hydrogen (secondary N) is 2. The quantitative estimate of drug-likeness (QED) is 0.656. The third-order valence-corrected chi connectivity index (χ3v) is 5.92. The van der Waals surface area contributed by atoms with Crippen LogP contribution in [-0.2, 0) is 21.2 Å². The Balaban J connectivity index is 1.74. The standard InChI is InChI=1S/C18H21N3O5S/c22-17(21-8-4-5-9-21)15-11-14(12-19-15)27(25,26)20-16(18(23)24)10-13-6-2-1-3-7-13/h1-3,6-7,11-12,16,19-20H,4-5,8-10H2,(H,23,24)/t16-/m1/s1. The molecule has 0 radical (unpaired) electrons. The number of carbonyl (C=O) groups excluding carboxylic acids is 1. The molecule has 27 heavy (non-hydrogen) atoms. The van der Waals surface area contributed by atoms with Gasteiger partial charge in [0, 0.05) is 19.3 Å². The van der Waals surface area contributed by atoms with Crippen molar-refractivity contribution in [2.24, 2.45) is 0 Å². The first-order valence-electron chi connectivity index (χ1n) is 8.63. The van der Waals surface area contributed by atoms with Crippen LogP contribution >= 0.6 is 0 Å². The summed E-state index contributed by atoms with van der Waals surface area (Å²) in [5, 5.41) is 9.39. The summed E-state index contributed by atoms with van der Waals surface area (Å²) in [5.41, 5.74) is 0.874. The highest BCUT2D eigenvalue weighted by atomic mass is 32.2. The lowest BCUT2D eigenvalue weighted by Crippen LogP contribution is -2.42. The fourth-order valence-corrected chi connectivity index (χ4v) is 4.21. The Bertz CT molecular complexity index is 917. The van der Waals surface area contributed by atoms with E-state index in [1.807, 2.05) is 0 Å². The molecule has 1 amide bonds. The summed E-state index contributed by atoms with van der Waals surface area (Å²) < 4.78 is 27.4. The molecule has 1 fully saturated rings. The molecule has 1 aromatic carbocycles. The summed E-state index contributed by atoms with van der Waals surface area (Å²) in [7, 11) is -4.09. The Hall–Kier alpha value is -2.65. The molecule has 9 heteroatoms. The number of carboxylic acid groups (broad SMARTS) is 1. The van der Waals surface area contributed by atoms with Crippen molar-refractivity contribution in [1.29, 1.82) is 0 Å². The van der Waals surface area contributed by atoms with Crippen LogP contribution in [0.1, 0.15) is 28.9 Å². The second kappa shape index (κ2) is 7.93. The van der Waals surface area contributed by atoms with Crippen molar-refractivity contribution in [1.82, 2.24) is 14.6 Å². The zero-order valence-corrected chi connectivity index (χ0v) is 15.4. The fraction of sp³-hybridized carbons (Fsp3) is 0.333. The number of aromatic amines is 1. The summed E-state index contributed by atoms with van der Waals surface area (Å²) in [5.74, 6) is -1.53. The second-order valence-electron chi connectivity index (χ2n) is 6.45. The Kier molecular flexibility index (Phi) is 5.62. The molecule has 8 nitrogen and oxygen atoms in total. The summed E-state index contributed by atoms with van der Waals surface area (Å²) in [6.07, 6.45) is 3.07. The number of carboxylic acids is 1. The average molecular weight is 391 g/mol. The summed E-state index contributed by atoms with van der Waals surface area (Å²) >= 11 is 0. The number of carbonyl (C=O) groups is 2. The number of sulfonamides is 1. The lowest BCUT2D eigenvalue weighted by molar-refractivity contribution is -0.138. The molecule has 0 aliphatic carbocycles. The van der Waals surface area contributed by atoms with Gasteiger partial charge in [0.05, 0.1) is 0 Å². The molecule has 0 spiro atoms. The van der Waals surface area contributed by atoms with Gasteiger partial charge in [0.25, 0.3) is 5.91 Å². The molecular weight excluding hydrogens is 370 g/mol. The van der Waals surface area contributed by atoms with Crippen molar-refractivity contribution >= 4 is 21.9 Å².